The third-order valence-corrected chi connectivity index (χ3v) is 1.18. The number of hydrogen-bond donors (Lipinski definition) is 1. The van der Waals surface area contributed by atoms with Gasteiger partial charge in [-0.05, 0) is 12.1 Å². The Morgan fingerprint density at radius 1 is 1.55 bits per heavy atom. The van der Waals surface area contributed by atoms with Gasteiger partial charge in [-0.15, -0.1) is 0 Å². The summed E-state index contributed by atoms with van der Waals surface area (Å²) in [4.78, 5) is 3.82. The maximum atomic E-state index is 8.54. The van der Waals surface area contributed by atoms with Crippen molar-refractivity contribution in [3.05, 3.63) is 29.0 Å². The number of pyridine rings is 1. The van der Waals surface area contributed by atoms with Gasteiger partial charge in [0.1, 0.15) is 0 Å². The normalized spacial score (nSPS) is 8.36. The van der Waals surface area contributed by atoms with Crippen molar-refractivity contribution in [3.8, 4) is 0 Å². The topological polar surface area (TPSA) is 33.1 Å². The molecule has 0 aliphatic heterocycles. The highest BCUT2D eigenvalue weighted by atomic mass is 35.5. The van der Waals surface area contributed by atoms with E-state index in [1.54, 1.807) is 18.3 Å². The van der Waals surface area contributed by atoms with Gasteiger partial charge in [-0.2, -0.15) is 0 Å². The number of halogens is 1. The van der Waals surface area contributed by atoms with Crippen LogP contribution in [0.15, 0.2) is 18.3 Å². The Balaban J connectivity index is 0.000000461. The summed E-state index contributed by atoms with van der Waals surface area (Å²) in [5.74, 6) is 0. The lowest BCUT2D eigenvalue weighted by Crippen LogP contribution is -1.85. The molecule has 3 heteroatoms. The van der Waals surface area contributed by atoms with Crippen molar-refractivity contribution in [3.63, 3.8) is 0 Å². The van der Waals surface area contributed by atoms with Crippen LogP contribution in [0, 0.1) is 0 Å². The minimum Gasteiger partial charge on any atom is -0.390 e. The van der Waals surface area contributed by atoms with E-state index in [4.69, 9.17) is 16.7 Å². The lowest BCUT2D eigenvalue weighted by Gasteiger charge is -1.92. The second kappa shape index (κ2) is 6.13. The van der Waals surface area contributed by atoms with Gasteiger partial charge in [0, 0.05) is 11.2 Å². The molecule has 1 heterocycles. The first-order chi connectivity index (χ1) is 5.33. The van der Waals surface area contributed by atoms with Crippen LogP contribution in [0.1, 0.15) is 19.5 Å². The number of nitrogens with zero attached hydrogens (tertiary/aromatic N) is 1. The van der Waals surface area contributed by atoms with Crippen LogP contribution in [-0.2, 0) is 6.61 Å². The minimum atomic E-state index is -0.0550. The molecule has 0 unspecified atom stereocenters. The van der Waals surface area contributed by atoms with Crippen molar-refractivity contribution >= 4 is 11.6 Å². The zero-order chi connectivity index (χ0) is 8.69. The fourth-order valence-electron chi connectivity index (χ4n) is 0.535. The number of aliphatic hydroxyl groups excluding tert-OH is 1. The molecule has 0 saturated carbocycles. The quantitative estimate of drug-likeness (QED) is 0.707. The Labute approximate surface area is 71.8 Å². The molecule has 0 spiro atoms. The third-order valence-electron chi connectivity index (χ3n) is 0.941. The van der Waals surface area contributed by atoms with Crippen LogP contribution in [0.5, 0.6) is 0 Å². The van der Waals surface area contributed by atoms with Crippen LogP contribution in [0.25, 0.3) is 0 Å². The smallest absolute Gasteiger partial charge is 0.0853 e. The Bertz CT molecular complexity index is 203. The number of rotatable bonds is 1. The molecule has 0 radical (unpaired) electrons. The molecule has 0 aromatic carbocycles. The molecular weight excluding hydrogens is 162 g/mol. The summed E-state index contributed by atoms with van der Waals surface area (Å²) in [5, 5.41) is 9.15. The number of aromatic nitrogens is 1. The van der Waals surface area contributed by atoms with Crippen molar-refractivity contribution in [2.45, 2.75) is 20.5 Å². The first-order valence-corrected chi connectivity index (χ1v) is 3.92. The zero-order valence-electron chi connectivity index (χ0n) is 6.71. The zero-order valence-corrected chi connectivity index (χ0v) is 7.47. The van der Waals surface area contributed by atoms with Gasteiger partial charge < -0.3 is 5.11 Å². The van der Waals surface area contributed by atoms with Gasteiger partial charge >= 0.3 is 0 Å². The highest BCUT2D eigenvalue weighted by molar-refractivity contribution is 6.30. The van der Waals surface area contributed by atoms with Crippen molar-refractivity contribution < 1.29 is 5.11 Å². The van der Waals surface area contributed by atoms with Gasteiger partial charge in [0.05, 0.1) is 12.3 Å². The molecule has 0 aliphatic carbocycles. The van der Waals surface area contributed by atoms with Crippen molar-refractivity contribution in [1.29, 1.82) is 0 Å². The van der Waals surface area contributed by atoms with Gasteiger partial charge in [-0.3, -0.25) is 4.98 Å². The standard InChI is InChI=1S/C6H6ClNO.C2H6/c7-5-1-2-8-6(3-5)4-9;1-2/h1-3,9H,4H2;1-2H3. The molecule has 1 aromatic heterocycles. The predicted molar refractivity (Wildman–Crippen MR) is 46.5 cm³/mol. The van der Waals surface area contributed by atoms with Gasteiger partial charge in [0.2, 0.25) is 0 Å². The van der Waals surface area contributed by atoms with E-state index in [0.717, 1.165) is 0 Å². The monoisotopic (exact) mass is 173 g/mol. The van der Waals surface area contributed by atoms with Crippen LogP contribution in [-0.4, -0.2) is 10.1 Å². The van der Waals surface area contributed by atoms with Gasteiger partial charge in [0.25, 0.3) is 0 Å². The van der Waals surface area contributed by atoms with Gasteiger partial charge in [-0.25, -0.2) is 0 Å². The number of hydrogen-bond acceptors (Lipinski definition) is 2. The lowest BCUT2D eigenvalue weighted by atomic mass is 10.4. The van der Waals surface area contributed by atoms with E-state index < -0.39 is 0 Å². The average Bonchev–Trinajstić information content (AvgIpc) is 2.08. The van der Waals surface area contributed by atoms with Crippen molar-refractivity contribution in [2.24, 2.45) is 0 Å². The summed E-state index contributed by atoms with van der Waals surface area (Å²) in [6.45, 7) is 3.94. The molecule has 0 fully saturated rings. The molecule has 1 rings (SSSR count). The molecule has 2 nitrogen and oxygen atoms in total. The summed E-state index contributed by atoms with van der Waals surface area (Å²) in [5.41, 5.74) is 0.600. The highest BCUT2D eigenvalue weighted by Crippen LogP contribution is 2.06. The maximum absolute atomic E-state index is 8.54. The van der Waals surface area contributed by atoms with Crippen LogP contribution < -0.4 is 0 Å². The van der Waals surface area contributed by atoms with E-state index in [2.05, 4.69) is 4.98 Å². The van der Waals surface area contributed by atoms with E-state index >= 15 is 0 Å². The highest BCUT2D eigenvalue weighted by Gasteiger charge is 1.90. The molecule has 11 heavy (non-hydrogen) atoms. The van der Waals surface area contributed by atoms with Gasteiger partial charge in [-0.1, -0.05) is 25.4 Å². The molecule has 0 aliphatic rings. The average molecular weight is 174 g/mol. The third kappa shape index (κ3) is 3.96. The first kappa shape index (κ1) is 10.4. The van der Waals surface area contributed by atoms with E-state index in [1.165, 1.54) is 0 Å². The lowest BCUT2D eigenvalue weighted by molar-refractivity contribution is 0.277. The van der Waals surface area contributed by atoms with Crippen molar-refractivity contribution in [2.75, 3.05) is 0 Å². The van der Waals surface area contributed by atoms with Gasteiger partial charge in [0.15, 0.2) is 0 Å². The maximum Gasteiger partial charge on any atom is 0.0853 e. The Hall–Kier alpha value is -0.600. The Morgan fingerprint density at radius 2 is 2.18 bits per heavy atom. The molecule has 0 bridgehead atoms. The molecular formula is C8H12ClNO. The largest absolute Gasteiger partial charge is 0.390 e. The Morgan fingerprint density at radius 3 is 2.55 bits per heavy atom. The summed E-state index contributed by atoms with van der Waals surface area (Å²) >= 11 is 5.57. The SMILES string of the molecule is CC.OCc1cc(Cl)ccn1. The summed E-state index contributed by atoms with van der Waals surface area (Å²) in [7, 11) is 0. The predicted octanol–water partition coefficient (Wildman–Crippen LogP) is 2.25. The molecule has 1 N–H and O–H groups in total. The van der Waals surface area contributed by atoms with Crippen LogP contribution in [0.4, 0.5) is 0 Å². The van der Waals surface area contributed by atoms with E-state index in [-0.39, 0.29) is 6.61 Å². The van der Waals surface area contributed by atoms with Crippen molar-refractivity contribution in [1.82, 2.24) is 4.98 Å². The minimum absolute atomic E-state index is 0.0550. The Kier molecular flexibility index (Phi) is 5.80. The second-order valence-electron chi connectivity index (χ2n) is 1.62. The van der Waals surface area contributed by atoms with Crippen LogP contribution in [0.2, 0.25) is 5.02 Å². The van der Waals surface area contributed by atoms with E-state index in [9.17, 15) is 0 Å². The molecule has 0 saturated heterocycles. The van der Waals surface area contributed by atoms with Crippen LogP contribution >= 0.6 is 11.6 Å². The first-order valence-electron chi connectivity index (χ1n) is 3.54. The summed E-state index contributed by atoms with van der Waals surface area (Å²) in [6, 6.07) is 3.29. The van der Waals surface area contributed by atoms with E-state index in [0.29, 0.717) is 10.7 Å². The molecule has 0 amide bonds. The summed E-state index contributed by atoms with van der Waals surface area (Å²) < 4.78 is 0. The second-order valence-corrected chi connectivity index (χ2v) is 2.06. The fourth-order valence-corrected chi connectivity index (χ4v) is 0.718. The molecule has 1 aromatic rings. The van der Waals surface area contributed by atoms with Crippen LogP contribution in [0.3, 0.4) is 0 Å². The number of aliphatic hydroxyl groups is 1. The molecule has 0 atom stereocenters. The summed E-state index contributed by atoms with van der Waals surface area (Å²) in [6.07, 6.45) is 1.56. The van der Waals surface area contributed by atoms with E-state index in [1.807, 2.05) is 13.8 Å². The fraction of sp³-hybridized carbons (Fsp3) is 0.375. The molecule has 62 valence electrons.